The molecule has 2 N–H and O–H groups in total. The summed E-state index contributed by atoms with van der Waals surface area (Å²) in [4.78, 5) is 12.1. The first kappa shape index (κ1) is 25.5. The van der Waals surface area contributed by atoms with Crippen LogP contribution in [0.25, 0.3) is 0 Å². The van der Waals surface area contributed by atoms with Gasteiger partial charge in [-0.3, -0.25) is 4.79 Å². The van der Waals surface area contributed by atoms with E-state index in [4.69, 9.17) is 4.74 Å². The van der Waals surface area contributed by atoms with Crippen LogP contribution in [0.2, 0.25) is 0 Å². The van der Waals surface area contributed by atoms with Crippen LogP contribution < -0.4 is 4.74 Å². The van der Waals surface area contributed by atoms with E-state index >= 15 is 0 Å². The van der Waals surface area contributed by atoms with Crippen LogP contribution >= 0.6 is 0 Å². The molecule has 0 aliphatic heterocycles. The molecule has 0 bridgehead atoms. The maximum absolute atomic E-state index is 12.1. The van der Waals surface area contributed by atoms with E-state index in [1.165, 1.54) is 64.9 Å². The maximum Gasteiger partial charge on any atom is 0.160 e. The van der Waals surface area contributed by atoms with Crippen molar-refractivity contribution < 1.29 is 19.7 Å². The Morgan fingerprint density at radius 1 is 0.966 bits per heavy atom. The van der Waals surface area contributed by atoms with Crippen molar-refractivity contribution in [2.24, 2.45) is 0 Å². The van der Waals surface area contributed by atoms with Crippen LogP contribution in [0.1, 0.15) is 102 Å². The van der Waals surface area contributed by atoms with E-state index in [-0.39, 0.29) is 18.0 Å². The molecule has 0 aliphatic rings. The van der Waals surface area contributed by atoms with Gasteiger partial charge in [0.05, 0.1) is 13.2 Å². The average molecular weight is 407 g/mol. The summed E-state index contributed by atoms with van der Waals surface area (Å²) in [5, 5.41) is 19.7. The van der Waals surface area contributed by atoms with E-state index in [9.17, 15) is 15.0 Å². The van der Waals surface area contributed by atoms with Gasteiger partial charge in [-0.1, -0.05) is 83.6 Å². The Morgan fingerprint density at radius 2 is 1.55 bits per heavy atom. The largest absolute Gasteiger partial charge is 0.504 e. The second kappa shape index (κ2) is 16.3. The Balaban J connectivity index is 2.02. The zero-order chi connectivity index (χ0) is 21.3. The van der Waals surface area contributed by atoms with Crippen molar-refractivity contribution in [3.8, 4) is 11.5 Å². The summed E-state index contributed by atoms with van der Waals surface area (Å²) in [7, 11) is 1.51. The molecule has 166 valence electrons. The number of hydrogen-bond donors (Lipinski definition) is 2. The predicted octanol–water partition coefficient (Wildman–Crippen LogP) is 6.35. The van der Waals surface area contributed by atoms with Crippen molar-refractivity contribution >= 4 is 5.78 Å². The lowest BCUT2D eigenvalue weighted by atomic mass is 10.00. The van der Waals surface area contributed by atoms with Crippen LogP contribution in [-0.4, -0.2) is 29.2 Å². The summed E-state index contributed by atoms with van der Waals surface area (Å²) in [6, 6.07) is 5.14. The van der Waals surface area contributed by atoms with Crippen LogP contribution in [0, 0.1) is 0 Å². The second-order valence-corrected chi connectivity index (χ2v) is 8.23. The minimum atomic E-state index is -0.518. The summed E-state index contributed by atoms with van der Waals surface area (Å²) in [5.74, 6) is 0.615. The summed E-state index contributed by atoms with van der Waals surface area (Å²) >= 11 is 0. The number of aryl methyl sites for hydroxylation is 1. The van der Waals surface area contributed by atoms with Crippen molar-refractivity contribution in [1.29, 1.82) is 0 Å². The Morgan fingerprint density at radius 3 is 2.14 bits per heavy atom. The number of unbranched alkanes of at least 4 members (excludes halogenated alkanes) is 10. The summed E-state index contributed by atoms with van der Waals surface area (Å²) in [5.41, 5.74) is 0.952. The lowest BCUT2D eigenvalue weighted by Crippen LogP contribution is -2.14. The fraction of sp³-hybridized carbons (Fsp3) is 0.720. The van der Waals surface area contributed by atoms with Crippen molar-refractivity contribution in [3.63, 3.8) is 0 Å². The quantitative estimate of drug-likeness (QED) is 0.279. The number of aliphatic hydroxyl groups excluding tert-OH is 1. The minimum Gasteiger partial charge on any atom is -0.504 e. The Kier molecular flexibility index (Phi) is 14.3. The first-order valence-electron chi connectivity index (χ1n) is 11.6. The number of phenolic OH excluding ortho intramolecular Hbond substituents is 1. The summed E-state index contributed by atoms with van der Waals surface area (Å²) < 4.78 is 5.09. The zero-order valence-corrected chi connectivity index (χ0v) is 18.6. The Hall–Kier alpha value is -1.55. The molecule has 0 amide bonds. The van der Waals surface area contributed by atoms with Crippen LogP contribution in [0.15, 0.2) is 18.2 Å². The van der Waals surface area contributed by atoms with Gasteiger partial charge in [-0.05, 0) is 30.5 Å². The lowest BCUT2D eigenvalue weighted by molar-refractivity contribution is -0.121. The van der Waals surface area contributed by atoms with Gasteiger partial charge in [-0.15, -0.1) is 0 Å². The first-order chi connectivity index (χ1) is 14.1. The molecule has 0 heterocycles. The number of ketones is 1. The average Bonchev–Trinajstić information content (AvgIpc) is 2.71. The number of Topliss-reactive ketones (excluding diaryl/α,β-unsaturated/α-hetero) is 1. The number of carbonyl (C=O) groups is 1. The number of benzene rings is 1. The number of carbonyl (C=O) groups excluding carboxylic acids is 1. The van der Waals surface area contributed by atoms with Gasteiger partial charge in [0, 0.05) is 12.8 Å². The van der Waals surface area contributed by atoms with Gasteiger partial charge in [0.1, 0.15) is 5.78 Å². The van der Waals surface area contributed by atoms with Gasteiger partial charge in [0.15, 0.2) is 11.5 Å². The van der Waals surface area contributed by atoms with Gasteiger partial charge < -0.3 is 14.9 Å². The topological polar surface area (TPSA) is 66.8 Å². The van der Waals surface area contributed by atoms with Crippen molar-refractivity contribution in [1.82, 2.24) is 0 Å². The Labute approximate surface area is 177 Å². The molecular formula is C25H42O4. The van der Waals surface area contributed by atoms with Gasteiger partial charge in [0.25, 0.3) is 0 Å². The number of aliphatic hydroxyl groups is 1. The molecule has 1 rings (SSSR count). The molecule has 0 aliphatic carbocycles. The predicted molar refractivity (Wildman–Crippen MR) is 120 cm³/mol. The Bertz CT molecular complexity index is 556. The van der Waals surface area contributed by atoms with E-state index in [0.29, 0.717) is 18.6 Å². The molecule has 1 aromatic rings. The molecule has 1 aromatic carbocycles. The molecule has 29 heavy (non-hydrogen) atoms. The highest BCUT2D eigenvalue weighted by Gasteiger charge is 2.11. The SMILES string of the molecule is CCCCCCCCCCCCCC(O)CC(=O)CCc1ccc(O)c(OC)c1. The first-order valence-corrected chi connectivity index (χ1v) is 11.6. The third-order valence-electron chi connectivity index (χ3n) is 5.54. The molecular weight excluding hydrogens is 364 g/mol. The fourth-order valence-electron chi connectivity index (χ4n) is 3.67. The van der Waals surface area contributed by atoms with Crippen LogP contribution in [0.4, 0.5) is 0 Å². The third-order valence-corrected chi connectivity index (χ3v) is 5.54. The number of aromatic hydroxyl groups is 1. The molecule has 0 saturated carbocycles. The summed E-state index contributed by atoms with van der Waals surface area (Å²) in [6.45, 7) is 2.25. The highest BCUT2D eigenvalue weighted by Crippen LogP contribution is 2.26. The molecule has 4 heteroatoms. The van der Waals surface area contributed by atoms with E-state index < -0.39 is 6.10 Å². The highest BCUT2D eigenvalue weighted by atomic mass is 16.5. The molecule has 0 aromatic heterocycles. The molecule has 0 spiro atoms. The number of ether oxygens (including phenoxy) is 1. The normalized spacial score (nSPS) is 12.1. The standard InChI is InChI=1S/C25H42O4/c1-3-4-5-6-7-8-9-10-11-12-13-14-22(26)20-23(27)17-15-21-16-18-24(28)25(19-21)29-2/h16,18-19,22,26,28H,3-15,17,20H2,1-2H3. The van der Waals surface area contributed by atoms with Crippen LogP contribution in [-0.2, 0) is 11.2 Å². The third kappa shape index (κ3) is 12.6. The number of hydrogen-bond acceptors (Lipinski definition) is 4. The van der Waals surface area contributed by atoms with Crippen LogP contribution in [0.3, 0.4) is 0 Å². The summed E-state index contributed by atoms with van der Waals surface area (Å²) in [6.07, 6.45) is 15.6. The van der Waals surface area contributed by atoms with Crippen molar-refractivity contribution in [2.75, 3.05) is 7.11 Å². The maximum atomic E-state index is 12.1. The van der Waals surface area contributed by atoms with Gasteiger partial charge in [0.2, 0.25) is 0 Å². The van der Waals surface area contributed by atoms with Crippen molar-refractivity contribution in [2.45, 2.75) is 109 Å². The van der Waals surface area contributed by atoms with Crippen LogP contribution in [0.5, 0.6) is 11.5 Å². The van der Waals surface area contributed by atoms with Gasteiger partial charge in [-0.25, -0.2) is 0 Å². The monoisotopic (exact) mass is 406 g/mol. The second-order valence-electron chi connectivity index (χ2n) is 8.23. The number of phenols is 1. The molecule has 0 saturated heterocycles. The molecule has 0 radical (unpaired) electrons. The molecule has 1 atom stereocenters. The molecule has 0 fully saturated rings. The fourth-order valence-corrected chi connectivity index (χ4v) is 3.67. The van der Waals surface area contributed by atoms with E-state index in [1.807, 2.05) is 0 Å². The smallest absolute Gasteiger partial charge is 0.160 e. The highest BCUT2D eigenvalue weighted by molar-refractivity contribution is 5.79. The van der Waals surface area contributed by atoms with Crippen molar-refractivity contribution in [3.05, 3.63) is 23.8 Å². The molecule has 4 nitrogen and oxygen atoms in total. The van der Waals surface area contributed by atoms with E-state index in [1.54, 1.807) is 18.2 Å². The van der Waals surface area contributed by atoms with E-state index in [0.717, 1.165) is 24.8 Å². The minimum absolute atomic E-state index is 0.0904. The number of rotatable bonds is 18. The zero-order valence-electron chi connectivity index (χ0n) is 18.6. The number of methoxy groups -OCH3 is 1. The van der Waals surface area contributed by atoms with Gasteiger partial charge >= 0.3 is 0 Å². The van der Waals surface area contributed by atoms with Gasteiger partial charge in [-0.2, -0.15) is 0 Å². The molecule has 1 unspecified atom stereocenters. The lowest BCUT2D eigenvalue weighted by Gasteiger charge is -2.10. The van der Waals surface area contributed by atoms with E-state index in [2.05, 4.69) is 6.92 Å².